The van der Waals surface area contributed by atoms with Gasteiger partial charge in [0.15, 0.2) is 0 Å². The molecule has 1 aromatic rings. The molecule has 0 spiro atoms. The standard InChI is InChI=1S/C17H21NO4/c1-11(2)15(19)21-14-7-8-18-13(10-14)9-12(3)16(20)22-17(4,5)6/h7-8,10H,1,3,9H2,2,4-6H3. The van der Waals surface area contributed by atoms with Gasteiger partial charge in [0.2, 0.25) is 0 Å². The van der Waals surface area contributed by atoms with E-state index in [-0.39, 0.29) is 12.0 Å². The van der Waals surface area contributed by atoms with Crippen LogP contribution < -0.4 is 4.74 Å². The fraction of sp³-hybridized carbons (Fsp3) is 0.353. The Morgan fingerprint density at radius 3 is 2.41 bits per heavy atom. The van der Waals surface area contributed by atoms with Crippen molar-refractivity contribution in [2.45, 2.75) is 39.7 Å². The molecule has 0 saturated carbocycles. The van der Waals surface area contributed by atoms with E-state index in [2.05, 4.69) is 18.1 Å². The van der Waals surface area contributed by atoms with Crippen LogP contribution in [0.5, 0.6) is 5.75 Å². The van der Waals surface area contributed by atoms with E-state index in [0.717, 1.165) is 0 Å². The molecule has 0 aromatic carbocycles. The van der Waals surface area contributed by atoms with Crippen LogP contribution in [0.15, 0.2) is 42.6 Å². The molecule has 0 aliphatic heterocycles. The molecule has 0 amide bonds. The van der Waals surface area contributed by atoms with Gasteiger partial charge in [-0.1, -0.05) is 13.2 Å². The summed E-state index contributed by atoms with van der Waals surface area (Å²) in [6.45, 7) is 14.2. The topological polar surface area (TPSA) is 65.5 Å². The highest BCUT2D eigenvalue weighted by Crippen LogP contribution is 2.17. The summed E-state index contributed by atoms with van der Waals surface area (Å²) in [4.78, 5) is 27.5. The number of ether oxygens (including phenoxy) is 2. The molecule has 0 aliphatic rings. The lowest BCUT2D eigenvalue weighted by molar-refractivity contribution is -0.150. The summed E-state index contributed by atoms with van der Waals surface area (Å²) in [7, 11) is 0. The van der Waals surface area contributed by atoms with Crippen molar-refractivity contribution in [3.8, 4) is 5.75 Å². The molecule has 22 heavy (non-hydrogen) atoms. The maximum Gasteiger partial charge on any atom is 0.338 e. The molecule has 5 heteroatoms. The summed E-state index contributed by atoms with van der Waals surface area (Å²) in [5.74, 6) is -0.642. The van der Waals surface area contributed by atoms with E-state index in [0.29, 0.717) is 17.0 Å². The smallest absolute Gasteiger partial charge is 0.338 e. The van der Waals surface area contributed by atoms with E-state index < -0.39 is 17.5 Å². The van der Waals surface area contributed by atoms with E-state index in [1.165, 1.54) is 6.20 Å². The minimum Gasteiger partial charge on any atom is -0.457 e. The van der Waals surface area contributed by atoms with E-state index in [4.69, 9.17) is 9.47 Å². The van der Waals surface area contributed by atoms with Gasteiger partial charge in [0.25, 0.3) is 0 Å². The minimum absolute atomic E-state index is 0.216. The van der Waals surface area contributed by atoms with Gasteiger partial charge < -0.3 is 9.47 Å². The van der Waals surface area contributed by atoms with Gasteiger partial charge in [-0.3, -0.25) is 4.98 Å². The Morgan fingerprint density at radius 1 is 1.23 bits per heavy atom. The van der Waals surface area contributed by atoms with Crippen molar-refractivity contribution < 1.29 is 19.1 Å². The van der Waals surface area contributed by atoms with E-state index in [9.17, 15) is 9.59 Å². The summed E-state index contributed by atoms with van der Waals surface area (Å²) in [5, 5.41) is 0. The van der Waals surface area contributed by atoms with Gasteiger partial charge in [-0.2, -0.15) is 0 Å². The quantitative estimate of drug-likeness (QED) is 0.618. The minimum atomic E-state index is -0.577. The summed E-state index contributed by atoms with van der Waals surface area (Å²) >= 11 is 0. The normalized spacial score (nSPS) is 10.7. The average Bonchev–Trinajstić information content (AvgIpc) is 2.36. The Bertz CT molecular complexity index is 611. The summed E-state index contributed by atoms with van der Waals surface area (Å²) in [5.41, 5.74) is 0.567. The molecule has 0 N–H and O–H groups in total. The summed E-state index contributed by atoms with van der Waals surface area (Å²) in [6.07, 6.45) is 1.71. The Hall–Kier alpha value is -2.43. The van der Waals surface area contributed by atoms with Crippen LogP contribution in [0, 0.1) is 0 Å². The third kappa shape index (κ3) is 5.91. The second-order valence-corrected chi connectivity index (χ2v) is 5.93. The van der Waals surface area contributed by atoms with E-state index >= 15 is 0 Å². The number of esters is 2. The molecule has 0 fully saturated rings. The first-order chi connectivity index (χ1) is 10.1. The molecular weight excluding hydrogens is 282 g/mol. The third-order valence-electron chi connectivity index (χ3n) is 2.43. The zero-order chi connectivity index (χ0) is 16.9. The monoisotopic (exact) mass is 303 g/mol. The number of nitrogens with zero attached hydrogens (tertiary/aromatic N) is 1. The van der Waals surface area contributed by atoms with Crippen molar-refractivity contribution in [3.05, 3.63) is 48.3 Å². The van der Waals surface area contributed by atoms with Gasteiger partial charge in [-0.25, -0.2) is 9.59 Å². The fourth-order valence-corrected chi connectivity index (χ4v) is 1.45. The number of hydrogen-bond acceptors (Lipinski definition) is 5. The third-order valence-corrected chi connectivity index (χ3v) is 2.43. The Labute approximate surface area is 130 Å². The molecule has 0 unspecified atom stereocenters. The van der Waals surface area contributed by atoms with Crippen molar-refractivity contribution in [2.75, 3.05) is 0 Å². The van der Waals surface area contributed by atoms with Crippen LogP contribution in [-0.4, -0.2) is 22.5 Å². The fourth-order valence-electron chi connectivity index (χ4n) is 1.45. The molecule has 5 nitrogen and oxygen atoms in total. The predicted octanol–water partition coefficient (Wildman–Crippen LogP) is 3.00. The first-order valence-electron chi connectivity index (χ1n) is 6.82. The number of hydrogen-bond donors (Lipinski definition) is 0. The number of pyridine rings is 1. The Kier molecular flexibility index (Phi) is 5.63. The molecule has 1 aromatic heterocycles. The van der Waals surface area contributed by atoms with Gasteiger partial charge in [0, 0.05) is 35.5 Å². The van der Waals surface area contributed by atoms with Crippen LogP contribution in [-0.2, 0) is 20.7 Å². The second-order valence-electron chi connectivity index (χ2n) is 5.93. The average molecular weight is 303 g/mol. The van der Waals surface area contributed by atoms with Crippen LogP contribution >= 0.6 is 0 Å². The second kappa shape index (κ2) is 7.02. The maximum atomic E-state index is 11.9. The van der Waals surface area contributed by atoms with E-state index in [1.54, 1.807) is 39.8 Å². The predicted molar refractivity (Wildman–Crippen MR) is 83.4 cm³/mol. The van der Waals surface area contributed by atoms with Crippen LogP contribution in [0.4, 0.5) is 0 Å². The molecule has 0 saturated heterocycles. The molecule has 0 radical (unpaired) electrons. The number of rotatable bonds is 5. The van der Waals surface area contributed by atoms with Crippen molar-refractivity contribution >= 4 is 11.9 Å². The van der Waals surface area contributed by atoms with Crippen LogP contribution in [0.2, 0.25) is 0 Å². The zero-order valence-electron chi connectivity index (χ0n) is 13.4. The first kappa shape index (κ1) is 17.6. The number of aromatic nitrogens is 1. The molecule has 1 heterocycles. The highest BCUT2D eigenvalue weighted by molar-refractivity contribution is 5.89. The van der Waals surface area contributed by atoms with Gasteiger partial charge in [-0.05, 0) is 33.8 Å². The highest BCUT2D eigenvalue weighted by Gasteiger charge is 2.19. The molecule has 0 aliphatic carbocycles. The highest BCUT2D eigenvalue weighted by atomic mass is 16.6. The van der Waals surface area contributed by atoms with Gasteiger partial charge in [0.1, 0.15) is 11.4 Å². The largest absolute Gasteiger partial charge is 0.457 e. The summed E-state index contributed by atoms with van der Waals surface area (Å²) in [6, 6.07) is 3.14. The van der Waals surface area contributed by atoms with Crippen LogP contribution in [0.1, 0.15) is 33.4 Å². The van der Waals surface area contributed by atoms with E-state index in [1.807, 2.05) is 0 Å². The molecule has 0 atom stereocenters. The first-order valence-corrected chi connectivity index (χ1v) is 6.82. The van der Waals surface area contributed by atoms with Crippen LogP contribution in [0.25, 0.3) is 0 Å². The lowest BCUT2D eigenvalue weighted by atomic mass is 10.1. The van der Waals surface area contributed by atoms with Crippen LogP contribution in [0.3, 0.4) is 0 Å². The van der Waals surface area contributed by atoms with Crippen molar-refractivity contribution in [3.63, 3.8) is 0 Å². The van der Waals surface area contributed by atoms with Crippen molar-refractivity contribution in [1.29, 1.82) is 0 Å². The van der Waals surface area contributed by atoms with Crippen molar-refractivity contribution in [1.82, 2.24) is 4.98 Å². The van der Waals surface area contributed by atoms with Gasteiger partial charge in [-0.15, -0.1) is 0 Å². The molecule has 1 rings (SSSR count). The SMILES string of the molecule is C=C(C)C(=O)Oc1ccnc(CC(=C)C(=O)OC(C)(C)C)c1. The number of carbonyl (C=O) groups excluding carboxylic acids is 2. The molecule has 0 bridgehead atoms. The molecule has 118 valence electrons. The lowest BCUT2D eigenvalue weighted by Gasteiger charge is -2.20. The summed E-state index contributed by atoms with van der Waals surface area (Å²) < 4.78 is 10.3. The van der Waals surface area contributed by atoms with Gasteiger partial charge in [0.05, 0.1) is 0 Å². The Morgan fingerprint density at radius 2 is 1.86 bits per heavy atom. The van der Waals surface area contributed by atoms with Gasteiger partial charge >= 0.3 is 11.9 Å². The zero-order valence-corrected chi connectivity index (χ0v) is 13.4. The Balaban J connectivity index is 2.74. The molecular formula is C17H21NO4. The lowest BCUT2D eigenvalue weighted by Crippen LogP contribution is -2.25. The van der Waals surface area contributed by atoms with Crippen molar-refractivity contribution in [2.24, 2.45) is 0 Å². The maximum absolute atomic E-state index is 11.9. The number of carbonyl (C=O) groups is 2.